The van der Waals surface area contributed by atoms with Crippen molar-refractivity contribution in [3.8, 4) is 5.69 Å². The first-order valence-electron chi connectivity index (χ1n) is 8.50. The van der Waals surface area contributed by atoms with Crippen LogP contribution in [0.1, 0.15) is 17.3 Å². The van der Waals surface area contributed by atoms with E-state index in [1.807, 2.05) is 12.1 Å². The number of carbonyl (C=O) groups excluding carboxylic acids is 1. The second-order valence-electron chi connectivity index (χ2n) is 5.77. The molecule has 0 unspecified atom stereocenters. The van der Waals surface area contributed by atoms with Crippen molar-refractivity contribution < 1.29 is 9.53 Å². The number of esters is 1. The van der Waals surface area contributed by atoms with Gasteiger partial charge in [0.2, 0.25) is 0 Å². The third-order valence-electron chi connectivity index (χ3n) is 3.94. The molecular formula is C19H15ClN6O2. The number of carbonyl (C=O) groups is 1. The molecular weight excluding hydrogens is 380 g/mol. The van der Waals surface area contributed by atoms with Gasteiger partial charge in [-0.3, -0.25) is 0 Å². The molecule has 0 saturated carbocycles. The molecule has 0 aliphatic carbocycles. The molecule has 140 valence electrons. The van der Waals surface area contributed by atoms with Crippen LogP contribution in [0, 0.1) is 0 Å². The quantitative estimate of drug-likeness (QED) is 0.514. The van der Waals surface area contributed by atoms with E-state index in [1.54, 1.807) is 42.1 Å². The van der Waals surface area contributed by atoms with Gasteiger partial charge in [0.05, 0.1) is 29.4 Å². The van der Waals surface area contributed by atoms with Crippen LogP contribution < -0.4 is 5.32 Å². The number of hydrogen-bond donors (Lipinski definition) is 1. The Balaban J connectivity index is 1.69. The zero-order valence-corrected chi connectivity index (χ0v) is 15.6. The summed E-state index contributed by atoms with van der Waals surface area (Å²) in [5, 5.41) is 8.82. The Hall–Kier alpha value is -3.52. The fourth-order valence-corrected chi connectivity index (χ4v) is 2.89. The minimum absolute atomic E-state index is 0.305. The van der Waals surface area contributed by atoms with Crippen LogP contribution in [0.4, 0.5) is 11.6 Å². The van der Waals surface area contributed by atoms with Crippen molar-refractivity contribution in [2.24, 2.45) is 0 Å². The molecule has 9 heteroatoms. The number of rotatable bonds is 5. The third-order valence-corrected chi connectivity index (χ3v) is 4.17. The number of halogens is 1. The first-order valence-corrected chi connectivity index (χ1v) is 8.88. The van der Waals surface area contributed by atoms with Crippen molar-refractivity contribution in [1.29, 1.82) is 0 Å². The molecule has 0 fully saturated rings. The van der Waals surface area contributed by atoms with Crippen LogP contribution in [0.5, 0.6) is 0 Å². The summed E-state index contributed by atoms with van der Waals surface area (Å²) in [5.74, 6) is 0.572. The number of nitrogens with zero attached hydrogens (tertiary/aromatic N) is 5. The topological polar surface area (TPSA) is 94.8 Å². The monoisotopic (exact) mass is 394 g/mol. The van der Waals surface area contributed by atoms with Gasteiger partial charge in [0.25, 0.3) is 0 Å². The number of pyridine rings is 1. The van der Waals surface area contributed by atoms with Crippen LogP contribution in [0.3, 0.4) is 0 Å². The average molecular weight is 395 g/mol. The summed E-state index contributed by atoms with van der Waals surface area (Å²) in [7, 11) is 0. The number of anilines is 2. The van der Waals surface area contributed by atoms with Crippen LogP contribution in [-0.2, 0) is 4.74 Å². The molecule has 0 spiro atoms. The Morgan fingerprint density at radius 3 is 2.93 bits per heavy atom. The first kappa shape index (κ1) is 17.9. The third kappa shape index (κ3) is 3.49. The number of nitrogens with one attached hydrogen (secondary N) is 1. The van der Waals surface area contributed by atoms with Gasteiger partial charge in [-0.15, -0.1) is 0 Å². The molecule has 8 nitrogen and oxygen atoms in total. The van der Waals surface area contributed by atoms with E-state index in [1.165, 1.54) is 12.5 Å². The number of ether oxygens (including phenoxy) is 1. The molecule has 0 radical (unpaired) electrons. The van der Waals surface area contributed by atoms with Crippen molar-refractivity contribution in [3.63, 3.8) is 0 Å². The standard InChI is InChI=1S/C19H15ClN6O2/c1-2-28-19(27)12-6-7-21-16(8-12)25-17-15-10-24-26(18(15)23-11-22-17)14-5-3-4-13(20)9-14/h3-11H,2H2,1H3,(H,21,22,23,25). The predicted octanol–water partition coefficient (Wildman–Crippen LogP) is 3.78. The maximum Gasteiger partial charge on any atom is 0.338 e. The molecule has 4 aromatic rings. The van der Waals surface area contributed by atoms with E-state index in [9.17, 15) is 4.79 Å². The molecule has 1 aromatic carbocycles. The number of fused-ring (bicyclic) bond motifs is 1. The van der Waals surface area contributed by atoms with E-state index < -0.39 is 5.97 Å². The number of hydrogen-bond acceptors (Lipinski definition) is 7. The fraction of sp³-hybridized carbons (Fsp3) is 0.105. The zero-order chi connectivity index (χ0) is 19.5. The largest absolute Gasteiger partial charge is 0.462 e. The minimum Gasteiger partial charge on any atom is -0.462 e. The molecule has 0 aliphatic heterocycles. The smallest absolute Gasteiger partial charge is 0.338 e. The molecule has 1 N–H and O–H groups in total. The van der Waals surface area contributed by atoms with E-state index in [2.05, 4.69) is 25.4 Å². The van der Waals surface area contributed by atoms with Crippen LogP contribution >= 0.6 is 11.6 Å². The van der Waals surface area contributed by atoms with E-state index in [0.29, 0.717) is 39.9 Å². The van der Waals surface area contributed by atoms with E-state index in [4.69, 9.17) is 16.3 Å². The van der Waals surface area contributed by atoms with Gasteiger partial charge in [-0.2, -0.15) is 5.10 Å². The van der Waals surface area contributed by atoms with Gasteiger partial charge < -0.3 is 10.1 Å². The lowest BCUT2D eigenvalue weighted by Gasteiger charge is -2.08. The molecule has 3 aromatic heterocycles. The molecule has 0 aliphatic rings. The van der Waals surface area contributed by atoms with E-state index in [0.717, 1.165) is 5.69 Å². The second-order valence-corrected chi connectivity index (χ2v) is 6.21. The Morgan fingerprint density at radius 2 is 2.11 bits per heavy atom. The minimum atomic E-state index is -0.408. The molecule has 0 bridgehead atoms. The molecule has 0 amide bonds. The average Bonchev–Trinajstić information content (AvgIpc) is 3.14. The van der Waals surface area contributed by atoms with E-state index in [-0.39, 0.29) is 0 Å². The summed E-state index contributed by atoms with van der Waals surface area (Å²) in [6.45, 7) is 2.06. The Kier molecular flexibility index (Phi) is 4.86. The maximum atomic E-state index is 11.9. The van der Waals surface area contributed by atoms with Crippen molar-refractivity contribution in [2.75, 3.05) is 11.9 Å². The Bertz CT molecular complexity index is 1160. The highest BCUT2D eigenvalue weighted by Crippen LogP contribution is 2.25. The van der Waals surface area contributed by atoms with Gasteiger partial charge in [-0.1, -0.05) is 17.7 Å². The van der Waals surface area contributed by atoms with Crippen molar-refractivity contribution >= 4 is 40.2 Å². The highest BCUT2D eigenvalue weighted by molar-refractivity contribution is 6.30. The van der Waals surface area contributed by atoms with Gasteiger partial charge in [-0.05, 0) is 37.3 Å². The van der Waals surface area contributed by atoms with Crippen LogP contribution in [0.2, 0.25) is 5.02 Å². The molecule has 3 heterocycles. The highest BCUT2D eigenvalue weighted by Gasteiger charge is 2.13. The maximum absolute atomic E-state index is 11.9. The lowest BCUT2D eigenvalue weighted by atomic mass is 10.2. The van der Waals surface area contributed by atoms with Gasteiger partial charge >= 0.3 is 5.97 Å². The lowest BCUT2D eigenvalue weighted by Crippen LogP contribution is -2.06. The first-order chi connectivity index (χ1) is 13.7. The molecule has 4 rings (SSSR count). The van der Waals surface area contributed by atoms with Crippen molar-refractivity contribution in [1.82, 2.24) is 24.7 Å². The highest BCUT2D eigenvalue weighted by atomic mass is 35.5. The predicted molar refractivity (Wildman–Crippen MR) is 105 cm³/mol. The number of aromatic nitrogens is 5. The molecule has 0 atom stereocenters. The molecule has 0 saturated heterocycles. The van der Waals surface area contributed by atoms with Gasteiger partial charge in [0.1, 0.15) is 18.0 Å². The Morgan fingerprint density at radius 1 is 1.21 bits per heavy atom. The second kappa shape index (κ2) is 7.61. The van der Waals surface area contributed by atoms with Gasteiger partial charge in [0.15, 0.2) is 5.65 Å². The number of benzene rings is 1. The van der Waals surface area contributed by atoms with Crippen LogP contribution in [0.25, 0.3) is 16.7 Å². The summed E-state index contributed by atoms with van der Waals surface area (Å²) < 4.78 is 6.70. The summed E-state index contributed by atoms with van der Waals surface area (Å²) in [4.78, 5) is 24.8. The summed E-state index contributed by atoms with van der Waals surface area (Å²) in [5.41, 5.74) is 1.80. The Labute approximate surface area is 165 Å². The zero-order valence-electron chi connectivity index (χ0n) is 14.8. The summed E-state index contributed by atoms with van der Waals surface area (Å²) >= 11 is 6.08. The van der Waals surface area contributed by atoms with Gasteiger partial charge in [-0.25, -0.2) is 24.4 Å². The fourth-order valence-electron chi connectivity index (χ4n) is 2.70. The summed E-state index contributed by atoms with van der Waals surface area (Å²) in [6, 6.07) is 10.5. The lowest BCUT2D eigenvalue weighted by molar-refractivity contribution is 0.0526. The summed E-state index contributed by atoms with van der Waals surface area (Å²) in [6.07, 6.45) is 4.62. The van der Waals surface area contributed by atoms with Crippen molar-refractivity contribution in [2.45, 2.75) is 6.92 Å². The SMILES string of the molecule is CCOC(=O)c1ccnc(Nc2ncnc3c2cnn3-c2cccc(Cl)c2)c1. The van der Waals surface area contributed by atoms with E-state index >= 15 is 0 Å². The van der Waals surface area contributed by atoms with Crippen LogP contribution in [-0.4, -0.2) is 37.3 Å². The van der Waals surface area contributed by atoms with Crippen LogP contribution in [0.15, 0.2) is 55.1 Å². The molecule has 28 heavy (non-hydrogen) atoms. The van der Waals surface area contributed by atoms with Gasteiger partial charge in [0, 0.05) is 11.2 Å². The normalized spacial score (nSPS) is 10.8. The van der Waals surface area contributed by atoms with Crippen molar-refractivity contribution in [3.05, 3.63) is 65.7 Å².